The lowest BCUT2D eigenvalue weighted by Crippen LogP contribution is -2.28. The third-order valence-electron chi connectivity index (χ3n) is 2.90. The third-order valence-corrected chi connectivity index (χ3v) is 3.24. The van der Waals surface area contributed by atoms with Crippen molar-refractivity contribution < 1.29 is 4.79 Å². The van der Waals surface area contributed by atoms with Crippen LogP contribution in [0, 0.1) is 12.3 Å². The van der Waals surface area contributed by atoms with Crippen molar-refractivity contribution in [2.24, 2.45) is 5.73 Å². The molecule has 0 unspecified atom stereocenters. The van der Waals surface area contributed by atoms with Crippen molar-refractivity contribution in [2.45, 2.75) is 0 Å². The van der Waals surface area contributed by atoms with Crippen molar-refractivity contribution in [3.05, 3.63) is 35.5 Å². The molecule has 1 aromatic carbocycles. The summed E-state index contributed by atoms with van der Waals surface area (Å²) in [6.07, 6.45) is 6.68. The lowest BCUT2D eigenvalue weighted by atomic mass is 10.1. The Morgan fingerprint density at radius 3 is 2.36 bits per heavy atom. The maximum absolute atomic E-state index is 11.6. The van der Waals surface area contributed by atoms with E-state index in [0.717, 1.165) is 24.3 Å². The molecule has 118 valence electrons. The molecule has 0 spiro atoms. The van der Waals surface area contributed by atoms with Gasteiger partial charge in [-0.05, 0) is 23.8 Å². The maximum Gasteiger partial charge on any atom is 0.267 e. The third kappa shape index (κ3) is 5.88. The van der Waals surface area contributed by atoms with Gasteiger partial charge in [-0.25, -0.2) is 0 Å². The van der Waals surface area contributed by atoms with Gasteiger partial charge in [0.15, 0.2) is 0 Å². The van der Waals surface area contributed by atoms with Crippen molar-refractivity contribution in [2.75, 3.05) is 36.3 Å². The number of terminal acetylenes is 1. The zero-order valence-corrected chi connectivity index (χ0v) is 13.7. The summed E-state index contributed by atoms with van der Waals surface area (Å²) in [5.74, 6) is 3.00. The van der Waals surface area contributed by atoms with E-state index in [-0.39, 0.29) is 18.1 Å². The van der Waals surface area contributed by atoms with E-state index in [2.05, 4.69) is 16.1 Å². The number of carbonyl (C=O) groups is 1. The first-order valence-corrected chi connectivity index (χ1v) is 7.85. The second kappa shape index (κ2) is 9.99. The molecule has 0 saturated carbocycles. The minimum absolute atomic E-state index is 0.112. The SMILES string of the molecule is C#CCNC(=O)C(N)=Cc1ccc(N(CCCl)CCCl)cc1. The summed E-state index contributed by atoms with van der Waals surface area (Å²) in [6.45, 7) is 1.60. The monoisotopic (exact) mass is 339 g/mol. The Morgan fingerprint density at radius 1 is 1.27 bits per heavy atom. The molecule has 0 aliphatic carbocycles. The van der Waals surface area contributed by atoms with Gasteiger partial charge in [0.25, 0.3) is 5.91 Å². The van der Waals surface area contributed by atoms with E-state index >= 15 is 0 Å². The van der Waals surface area contributed by atoms with Crippen LogP contribution in [0.15, 0.2) is 30.0 Å². The van der Waals surface area contributed by atoms with E-state index in [1.165, 1.54) is 0 Å². The molecule has 0 aromatic heterocycles. The largest absolute Gasteiger partial charge is 0.394 e. The Hall–Kier alpha value is -1.83. The average Bonchev–Trinajstić information content (AvgIpc) is 2.53. The van der Waals surface area contributed by atoms with Gasteiger partial charge < -0.3 is 16.0 Å². The predicted molar refractivity (Wildman–Crippen MR) is 94.1 cm³/mol. The molecule has 0 aliphatic rings. The van der Waals surface area contributed by atoms with Crippen molar-refractivity contribution >= 4 is 40.9 Å². The number of rotatable bonds is 8. The van der Waals surface area contributed by atoms with E-state index in [9.17, 15) is 4.79 Å². The summed E-state index contributed by atoms with van der Waals surface area (Å²) in [4.78, 5) is 13.7. The van der Waals surface area contributed by atoms with Crippen LogP contribution in [0.3, 0.4) is 0 Å². The highest BCUT2D eigenvalue weighted by molar-refractivity contribution is 6.18. The van der Waals surface area contributed by atoms with Crippen LogP contribution >= 0.6 is 23.2 Å². The number of carbonyl (C=O) groups excluding carboxylic acids is 1. The minimum atomic E-state index is -0.382. The number of nitrogens with zero attached hydrogens (tertiary/aromatic N) is 1. The van der Waals surface area contributed by atoms with Crippen molar-refractivity contribution in [1.29, 1.82) is 0 Å². The van der Waals surface area contributed by atoms with E-state index in [1.807, 2.05) is 24.3 Å². The molecule has 22 heavy (non-hydrogen) atoms. The standard InChI is InChI=1S/C16H19Cl2N3O/c1-2-9-20-16(22)15(19)12-13-3-5-14(6-4-13)21(10-7-17)11-8-18/h1,3-6,12H,7-11,19H2,(H,20,22). The Kier molecular flexibility index (Phi) is 8.27. The molecule has 0 saturated heterocycles. The first-order chi connectivity index (χ1) is 10.6. The molecule has 1 rings (SSSR count). The zero-order valence-electron chi connectivity index (χ0n) is 12.2. The lowest BCUT2D eigenvalue weighted by molar-refractivity contribution is -0.117. The van der Waals surface area contributed by atoms with Crippen LogP contribution in [-0.2, 0) is 4.79 Å². The number of amides is 1. The van der Waals surface area contributed by atoms with Gasteiger partial charge in [0.2, 0.25) is 0 Å². The van der Waals surface area contributed by atoms with Crippen LogP contribution in [0.1, 0.15) is 5.56 Å². The minimum Gasteiger partial charge on any atom is -0.394 e. The first-order valence-electron chi connectivity index (χ1n) is 6.78. The van der Waals surface area contributed by atoms with Crippen LogP contribution in [0.2, 0.25) is 0 Å². The number of nitrogens with one attached hydrogen (secondary N) is 1. The highest BCUT2D eigenvalue weighted by atomic mass is 35.5. The average molecular weight is 340 g/mol. The van der Waals surface area contributed by atoms with Gasteiger partial charge >= 0.3 is 0 Å². The molecular formula is C16H19Cl2N3O. The van der Waals surface area contributed by atoms with Crippen LogP contribution < -0.4 is 16.0 Å². The van der Waals surface area contributed by atoms with Gasteiger partial charge in [0.05, 0.1) is 12.2 Å². The highest BCUT2D eigenvalue weighted by Gasteiger charge is 2.06. The summed E-state index contributed by atoms with van der Waals surface area (Å²) in [7, 11) is 0. The van der Waals surface area contributed by atoms with Crippen LogP contribution in [-0.4, -0.2) is 37.3 Å². The van der Waals surface area contributed by atoms with Gasteiger partial charge in [-0.1, -0.05) is 18.1 Å². The molecule has 1 aromatic rings. The topological polar surface area (TPSA) is 58.4 Å². The normalized spacial score (nSPS) is 10.9. The van der Waals surface area contributed by atoms with Gasteiger partial charge in [0, 0.05) is 30.5 Å². The summed E-state index contributed by atoms with van der Waals surface area (Å²) in [5.41, 5.74) is 7.68. The number of benzene rings is 1. The predicted octanol–water partition coefficient (Wildman–Crippen LogP) is 2.02. The van der Waals surface area contributed by atoms with Gasteiger partial charge in [-0.15, -0.1) is 29.6 Å². The molecule has 0 heterocycles. The molecule has 0 aliphatic heterocycles. The van der Waals surface area contributed by atoms with Crippen molar-refractivity contribution in [3.8, 4) is 12.3 Å². The van der Waals surface area contributed by atoms with E-state index in [1.54, 1.807) is 6.08 Å². The summed E-state index contributed by atoms with van der Waals surface area (Å²) >= 11 is 11.6. The highest BCUT2D eigenvalue weighted by Crippen LogP contribution is 2.16. The van der Waals surface area contributed by atoms with E-state index < -0.39 is 0 Å². The maximum atomic E-state index is 11.6. The van der Waals surface area contributed by atoms with Crippen LogP contribution in [0.5, 0.6) is 0 Å². The number of halogens is 2. The Balaban J connectivity index is 2.79. The van der Waals surface area contributed by atoms with Crippen LogP contribution in [0.25, 0.3) is 6.08 Å². The van der Waals surface area contributed by atoms with E-state index in [0.29, 0.717) is 11.8 Å². The van der Waals surface area contributed by atoms with Gasteiger partial charge in [-0.2, -0.15) is 0 Å². The fraction of sp³-hybridized carbons (Fsp3) is 0.312. The molecule has 0 fully saturated rings. The first kappa shape index (κ1) is 18.2. The van der Waals surface area contributed by atoms with Crippen molar-refractivity contribution in [1.82, 2.24) is 5.32 Å². The Bertz CT molecular complexity index is 544. The fourth-order valence-corrected chi connectivity index (χ4v) is 2.24. The lowest BCUT2D eigenvalue weighted by Gasteiger charge is -2.22. The number of hydrogen-bond donors (Lipinski definition) is 2. The van der Waals surface area contributed by atoms with Crippen LogP contribution in [0.4, 0.5) is 5.69 Å². The number of hydrogen-bond acceptors (Lipinski definition) is 3. The van der Waals surface area contributed by atoms with E-state index in [4.69, 9.17) is 35.4 Å². The Morgan fingerprint density at radius 2 is 1.86 bits per heavy atom. The van der Waals surface area contributed by atoms with Crippen molar-refractivity contribution in [3.63, 3.8) is 0 Å². The fourth-order valence-electron chi connectivity index (χ4n) is 1.83. The number of alkyl halides is 2. The smallest absolute Gasteiger partial charge is 0.267 e. The van der Waals surface area contributed by atoms with Gasteiger partial charge in [0.1, 0.15) is 0 Å². The second-order valence-corrected chi connectivity index (χ2v) is 5.20. The number of nitrogens with two attached hydrogens (primary N) is 1. The molecule has 0 bridgehead atoms. The molecule has 0 radical (unpaired) electrons. The number of anilines is 1. The zero-order chi connectivity index (χ0) is 16.4. The molecule has 3 N–H and O–H groups in total. The molecule has 0 atom stereocenters. The molecule has 4 nitrogen and oxygen atoms in total. The molecule has 1 amide bonds. The molecule has 6 heteroatoms. The second-order valence-electron chi connectivity index (χ2n) is 4.44. The summed E-state index contributed by atoms with van der Waals surface area (Å²) < 4.78 is 0. The summed E-state index contributed by atoms with van der Waals surface area (Å²) in [6, 6.07) is 7.65. The molecular weight excluding hydrogens is 321 g/mol. The Labute approximate surface area is 141 Å². The summed E-state index contributed by atoms with van der Waals surface area (Å²) in [5, 5.41) is 2.51. The quantitative estimate of drug-likeness (QED) is 0.432. The van der Waals surface area contributed by atoms with Gasteiger partial charge in [-0.3, -0.25) is 4.79 Å².